The van der Waals surface area contributed by atoms with Gasteiger partial charge in [0.05, 0.1) is 21.7 Å². The number of aliphatic carboxylic acids is 2. The number of ether oxygens (including phenoxy) is 1. The minimum atomic E-state index is -1.41. The molecule has 2 N–H and O–H groups in total. The fraction of sp³-hybridized carbons (Fsp3) is 0.636. The number of carboxylic acid groups (broad SMARTS) is 2. The van der Waals surface area contributed by atoms with Crippen LogP contribution in [0.2, 0.25) is 0 Å². The Morgan fingerprint density at radius 2 is 0.931 bits per heavy atom. The molecule has 0 heterocycles. The van der Waals surface area contributed by atoms with Crippen LogP contribution in [0.4, 0.5) is 0 Å². The molecule has 0 aromatic heterocycles. The van der Waals surface area contributed by atoms with Crippen LogP contribution in [0, 0.1) is 45.3 Å². The van der Waals surface area contributed by atoms with Gasteiger partial charge in [0, 0.05) is 0 Å². The van der Waals surface area contributed by atoms with Gasteiger partial charge in [-0.25, -0.2) is 0 Å². The Kier molecular flexibility index (Phi) is 3.82. The number of fused-ring (bicyclic) bond motifs is 4. The summed E-state index contributed by atoms with van der Waals surface area (Å²) in [6.45, 7) is 6.14. The van der Waals surface area contributed by atoms with Gasteiger partial charge in [-0.2, -0.15) is 0 Å². The molecule has 4 rings (SSSR count). The van der Waals surface area contributed by atoms with Crippen molar-refractivity contribution in [2.45, 2.75) is 40.5 Å². The summed E-state index contributed by atoms with van der Waals surface area (Å²) in [5.41, 5.74) is -5.60. The number of hydrogen-bond acceptors (Lipinski definition) is 5. The van der Waals surface area contributed by atoms with Crippen molar-refractivity contribution in [1.29, 1.82) is 0 Å². The van der Waals surface area contributed by atoms with Gasteiger partial charge in [0.15, 0.2) is 0 Å². The molecule has 2 fully saturated rings. The monoisotopic (exact) mass is 402 g/mol. The maximum absolute atomic E-state index is 13.3. The van der Waals surface area contributed by atoms with Gasteiger partial charge in [0.1, 0.15) is 0 Å². The molecule has 29 heavy (non-hydrogen) atoms. The molecule has 0 amide bonds. The molecular formula is C22H26O7. The number of esters is 2. The zero-order valence-electron chi connectivity index (χ0n) is 17.0. The molecule has 0 spiro atoms. The standard InChI is InChI=1S/C22H26O7/c1-19(15(23)24)11-5-7-13(9-11)21(19,3)17(27)29-18(28)22(4)14-8-6-12(10-14)20(22,2)16(25)26/h5-8,11-14H,9-10H2,1-4H3,(H,23,24)(H,25,26). The molecule has 8 unspecified atom stereocenters. The maximum atomic E-state index is 13.3. The number of rotatable bonds is 4. The molecule has 0 saturated heterocycles. The highest BCUT2D eigenvalue weighted by Gasteiger charge is 2.72. The van der Waals surface area contributed by atoms with E-state index in [-0.39, 0.29) is 23.7 Å². The van der Waals surface area contributed by atoms with Crippen LogP contribution in [0.1, 0.15) is 40.5 Å². The van der Waals surface area contributed by atoms with E-state index in [1.165, 1.54) is 13.8 Å². The van der Waals surface area contributed by atoms with Crippen molar-refractivity contribution in [3.05, 3.63) is 24.3 Å². The van der Waals surface area contributed by atoms with Crippen LogP contribution in [0.25, 0.3) is 0 Å². The minimum absolute atomic E-state index is 0.317. The van der Waals surface area contributed by atoms with E-state index in [0.717, 1.165) is 0 Å². The Balaban J connectivity index is 1.68. The molecule has 4 bridgehead atoms. The SMILES string of the molecule is CC1(C(=O)O)C2C=CC(C2)C1(C)C(=O)OC(=O)C1(C)C2C=CC(C2)C1(C)C(=O)O. The summed E-state index contributed by atoms with van der Waals surface area (Å²) in [6.07, 6.45) is 8.31. The average molecular weight is 402 g/mol. The molecule has 0 aromatic rings. The second kappa shape index (κ2) is 5.58. The maximum Gasteiger partial charge on any atom is 0.321 e. The zero-order chi connectivity index (χ0) is 21.6. The first-order valence-electron chi connectivity index (χ1n) is 9.96. The Labute approximate surface area is 168 Å². The van der Waals surface area contributed by atoms with Crippen LogP contribution in [-0.2, 0) is 23.9 Å². The number of carboxylic acids is 2. The van der Waals surface area contributed by atoms with Crippen molar-refractivity contribution < 1.29 is 34.1 Å². The predicted octanol–water partition coefficient (Wildman–Crippen LogP) is 2.66. The van der Waals surface area contributed by atoms with Gasteiger partial charge in [-0.05, 0) is 64.2 Å². The molecule has 4 aliphatic carbocycles. The predicted molar refractivity (Wildman–Crippen MR) is 100 cm³/mol. The lowest BCUT2D eigenvalue weighted by atomic mass is 9.59. The van der Waals surface area contributed by atoms with Crippen LogP contribution in [0.5, 0.6) is 0 Å². The second-order valence-corrected chi connectivity index (χ2v) is 9.76. The van der Waals surface area contributed by atoms with Crippen molar-refractivity contribution in [2.75, 3.05) is 0 Å². The van der Waals surface area contributed by atoms with Crippen molar-refractivity contribution in [3.63, 3.8) is 0 Å². The lowest BCUT2D eigenvalue weighted by molar-refractivity contribution is -0.192. The van der Waals surface area contributed by atoms with Gasteiger partial charge in [0.25, 0.3) is 0 Å². The Morgan fingerprint density at radius 3 is 1.21 bits per heavy atom. The number of carbonyl (C=O) groups excluding carboxylic acids is 2. The molecule has 7 nitrogen and oxygen atoms in total. The van der Waals surface area contributed by atoms with Gasteiger partial charge in [-0.1, -0.05) is 24.3 Å². The number of allylic oxidation sites excluding steroid dienone is 4. The summed E-state index contributed by atoms with van der Waals surface area (Å²) < 4.78 is 5.35. The molecule has 0 aromatic carbocycles. The van der Waals surface area contributed by atoms with Gasteiger partial charge >= 0.3 is 23.9 Å². The first-order chi connectivity index (χ1) is 13.4. The van der Waals surface area contributed by atoms with Crippen molar-refractivity contribution in [3.8, 4) is 0 Å². The Hall–Kier alpha value is -2.44. The van der Waals surface area contributed by atoms with E-state index in [2.05, 4.69) is 0 Å². The van der Waals surface area contributed by atoms with Crippen molar-refractivity contribution in [1.82, 2.24) is 0 Å². The van der Waals surface area contributed by atoms with E-state index in [1.54, 1.807) is 13.8 Å². The first kappa shape index (κ1) is 19.9. The van der Waals surface area contributed by atoms with E-state index >= 15 is 0 Å². The summed E-state index contributed by atoms with van der Waals surface area (Å²) in [4.78, 5) is 50.8. The molecule has 7 heteroatoms. The van der Waals surface area contributed by atoms with Crippen LogP contribution in [-0.4, -0.2) is 34.1 Å². The molecule has 156 valence electrons. The number of carbonyl (C=O) groups is 4. The van der Waals surface area contributed by atoms with Gasteiger partial charge in [-0.15, -0.1) is 0 Å². The van der Waals surface area contributed by atoms with E-state index in [1.807, 2.05) is 24.3 Å². The topological polar surface area (TPSA) is 118 Å². The van der Waals surface area contributed by atoms with Crippen LogP contribution < -0.4 is 0 Å². The highest BCUT2D eigenvalue weighted by Crippen LogP contribution is 2.66. The fourth-order valence-electron chi connectivity index (χ4n) is 6.44. The third-order valence-corrected chi connectivity index (χ3v) is 9.21. The first-order valence-corrected chi connectivity index (χ1v) is 9.96. The largest absolute Gasteiger partial charge is 0.481 e. The third-order valence-electron chi connectivity index (χ3n) is 9.21. The summed E-state index contributed by atoms with van der Waals surface area (Å²) in [5.74, 6) is -5.29. The fourth-order valence-corrected chi connectivity index (χ4v) is 6.44. The number of hydrogen-bond donors (Lipinski definition) is 2. The molecule has 0 aliphatic heterocycles. The normalized spacial score (nSPS) is 48.8. The molecular weight excluding hydrogens is 376 g/mol. The average Bonchev–Trinajstić information content (AvgIpc) is 3.40. The Morgan fingerprint density at radius 1 is 0.655 bits per heavy atom. The molecule has 4 aliphatic rings. The van der Waals surface area contributed by atoms with Crippen molar-refractivity contribution >= 4 is 23.9 Å². The zero-order valence-corrected chi connectivity index (χ0v) is 17.0. The molecule has 2 saturated carbocycles. The Bertz CT molecular complexity index is 831. The highest BCUT2D eigenvalue weighted by atomic mass is 16.6. The second-order valence-electron chi connectivity index (χ2n) is 9.76. The van der Waals surface area contributed by atoms with Gasteiger partial charge < -0.3 is 14.9 Å². The van der Waals surface area contributed by atoms with E-state index in [0.29, 0.717) is 12.8 Å². The van der Waals surface area contributed by atoms with Gasteiger partial charge in [0.2, 0.25) is 0 Å². The molecule has 8 atom stereocenters. The van der Waals surface area contributed by atoms with Crippen LogP contribution in [0.15, 0.2) is 24.3 Å². The van der Waals surface area contributed by atoms with Gasteiger partial charge in [-0.3, -0.25) is 19.2 Å². The third kappa shape index (κ3) is 1.94. The summed E-state index contributed by atoms with van der Waals surface area (Å²) >= 11 is 0. The lowest BCUT2D eigenvalue weighted by Gasteiger charge is -2.44. The smallest absolute Gasteiger partial charge is 0.321 e. The minimum Gasteiger partial charge on any atom is -0.481 e. The quantitative estimate of drug-likeness (QED) is 0.422. The van der Waals surface area contributed by atoms with E-state index in [9.17, 15) is 29.4 Å². The summed E-state index contributed by atoms with van der Waals surface area (Å²) in [6, 6.07) is 0. The lowest BCUT2D eigenvalue weighted by Crippen LogP contribution is -2.56. The van der Waals surface area contributed by atoms with Crippen LogP contribution >= 0.6 is 0 Å². The van der Waals surface area contributed by atoms with Crippen molar-refractivity contribution in [2.24, 2.45) is 45.3 Å². The molecule has 0 radical (unpaired) electrons. The van der Waals surface area contributed by atoms with E-state index < -0.39 is 45.5 Å². The summed E-state index contributed by atoms with van der Waals surface area (Å²) in [7, 11) is 0. The highest BCUT2D eigenvalue weighted by molar-refractivity contribution is 5.99. The van der Waals surface area contributed by atoms with Crippen LogP contribution in [0.3, 0.4) is 0 Å². The van der Waals surface area contributed by atoms with E-state index in [4.69, 9.17) is 4.74 Å². The summed E-state index contributed by atoms with van der Waals surface area (Å²) in [5, 5.41) is 19.8.